The highest BCUT2D eigenvalue weighted by Crippen LogP contribution is 2.56. The van der Waals surface area contributed by atoms with Crippen LogP contribution in [0.15, 0.2) is 23.8 Å². The van der Waals surface area contributed by atoms with Crippen LogP contribution in [0, 0.1) is 11.3 Å². The number of phosphoric acid groups is 3. The summed E-state index contributed by atoms with van der Waals surface area (Å²) in [5.74, 6) is -3.55. The van der Waals surface area contributed by atoms with Crippen LogP contribution in [0.3, 0.4) is 0 Å². The number of nitrogens with one attached hydrogen (secondary N) is 2. The van der Waals surface area contributed by atoms with Gasteiger partial charge in [0, 0.05) is 43.1 Å². The number of carboxylic acids is 1. The van der Waals surface area contributed by atoms with Crippen LogP contribution in [0.25, 0.3) is 11.2 Å². The van der Waals surface area contributed by atoms with Crippen molar-refractivity contribution in [2.24, 2.45) is 11.3 Å². The first-order chi connectivity index (χ1) is 29.2. The molecule has 63 heavy (non-hydrogen) atoms. The molecule has 0 bridgehead atoms. The number of imidazole rings is 1. The Labute approximate surface area is 361 Å². The predicted octanol–water partition coefficient (Wildman–Crippen LogP) is -4.04. The Bertz CT molecular complexity index is 2220. The Hall–Kier alpha value is -3.56. The summed E-state index contributed by atoms with van der Waals surface area (Å²) in [6.45, 7) is 1.44. The number of allylic oxidation sites excluding steroid dienone is 1. The second kappa shape index (κ2) is 21.6. The van der Waals surface area contributed by atoms with Crippen molar-refractivity contribution < 1.29 is 95.2 Å². The third-order valence-electron chi connectivity index (χ3n) is 9.51. The van der Waals surface area contributed by atoms with Gasteiger partial charge in [0.15, 0.2) is 23.5 Å². The average Bonchev–Trinajstić information content (AvgIpc) is 3.74. The number of amides is 2. The number of carboxylic acid groups (broad SMARTS) is 1. The normalized spacial score (nSPS) is 23.3. The Kier molecular flexibility index (Phi) is 17.9. The third-order valence-corrected chi connectivity index (χ3v) is 13.4. The van der Waals surface area contributed by atoms with Crippen molar-refractivity contribution in [3.05, 3.63) is 23.8 Å². The number of carbonyl (C=O) groups is 5. The largest absolute Gasteiger partial charge is 0.790 e. The molecule has 1 fully saturated rings. The Morgan fingerprint density at radius 3 is 2.41 bits per heavy atom. The van der Waals surface area contributed by atoms with Crippen molar-refractivity contribution in [1.82, 2.24) is 30.2 Å². The quantitative estimate of drug-likeness (QED) is 0.0402. The number of nitrogen functional groups attached to an aromatic ring is 1. The van der Waals surface area contributed by atoms with Gasteiger partial charge in [0.2, 0.25) is 16.9 Å². The molecule has 1 aliphatic heterocycles. The molecular weight excluding hydrogens is 927 g/mol. The smallest absolute Gasteiger partial charge is 0.274 e. The van der Waals surface area contributed by atoms with Gasteiger partial charge in [-0.2, -0.15) is 0 Å². The number of aliphatic hydroxyl groups is 2. The van der Waals surface area contributed by atoms with E-state index in [0.29, 0.717) is 12.0 Å². The number of aliphatic hydroxyl groups excluding tert-OH is 2. The zero-order valence-electron chi connectivity index (χ0n) is 33.5. The number of hydrogen-bond donors (Lipinski definition) is 5. The molecule has 2 unspecified atom stereocenters. The van der Waals surface area contributed by atoms with Gasteiger partial charge in [0.25, 0.3) is 15.6 Å². The number of hydrogen-bond acceptors (Lipinski definition) is 25. The number of thioether (sulfide) groups is 1. The third kappa shape index (κ3) is 14.7. The minimum atomic E-state index is -5.96. The lowest BCUT2D eigenvalue weighted by molar-refractivity contribution is -0.347. The average molecular weight is 971 g/mol. The van der Waals surface area contributed by atoms with Crippen LogP contribution in [-0.2, 0) is 60.3 Å². The molecule has 31 heteroatoms. The topological polar surface area (TPSA) is 432 Å². The SMILES string of the molecule is C[C@@H]1CCC(=O)C(C(=O)SCCNC(=O)CCNC(=O)[C@H](O)C(C)(C)COP(=O)([O-])OP(=O)([O-])OC[C@H]2O[C@@H](n3cnc4c(N)ncnc43)[C@H](O)[C@@H]2OP(=O)([O-])[O-])=C1CCC(=O)[O-]. The summed E-state index contributed by atoms with van der Waals surface area (Å²) in [6.07, 6.45) is -7.60. The Morgan fingerprint density at radius 1 is 1.06 bits per heavy atom. The first kappa shape index (κ1) is 52.1. The second-order valence-electron chi connectivity index (χ2n) is 14.8. The van der Waals surface area contributed by atoms with E-state index in [1.165, 1.54) is 0 Å². The van der Waals surface area contributed by atoms with Gasteiger partial charge < -0.3 is 78.9 Å². The summed E-state index contributed by atoms with van der Waals surface area (Å²) in [4.78, 5) is 121. The summed E-state index contributed by atoms with van der Waals surface area (Å²) in [5.41, 5.74) is 4.39. The van der Waals surface area contributed by atoms with E-state index in [0.717, 1.165) is 42.8 Å². The summed E-state index contributed by atoms with van der Waals surface area (Å²) in [6, 6.07) is 0. The lowest BCUT2D eigenvalue weighted by Gasteiger charge is -2.36. The molecule has 6 N–H and O–H groups in total. The minimum absolute atomic E-state index is 0.00302. The number of phosphoric ester groups is 3. The molecule has 0 aromatic carbocycles. The van der Waals surface area contributed by atoms with Gasteiger partial charge in [-0.3, -0.25) is 32.9 Å². The molecule has 4 rings (SSSR count). The highest BCUT2D eigenvalue weighted by atomic mass is 32.2. The highest BCUT2D eigenvalue weighted by Gasteiger charge is 2.47. The zero-order chi connectivity index (χ0) is 47.1. The molecule has 2 amide bonds. The van der Waals surface area contributed by atoms with Crippen molar-refractivity contribution in [2.45, 2.75) is 83.5 Å². The van der Waals surface area contributed by atoms with Crippen molar-refractivity contribution in [3.8, 4) is 0 Å². The van der Waals surface area contributed by atoms with Crippen LogP contribution in [-0.4, -0.2) is 115 Å². The molecule has 352 valence electrons. The maximum atomic E-state index is 12.8. The first-order valence-corrected chi connectivity index (χ1v) is 24.0. The summed E-state index contributed by atoms with van der Waals surface area (Å²) < 4.78 is 60.6. The predicted molar refractivity (Wildman–Crippen MR) is 203 cm³/mol. The number of nitrogens with zero attached hydrogens (tertiary/aromatic N) is 4. The molecule has 2 aromatic heterocycles. The Morgan fingerprint density at radius 2 is 1.75 bits per heavy atom. The first-order valence-electron chi connectivity index (χ1n) is 18.7. The molecule has 8 atom stereocenters. The molecule has 3 heterocycles. The van der Waals surface area contributed by atoms with Crippen molar-refractivity contribution in [3.63, 3.8) is 0 Å². The van der Waals surface area contributed by atoms with Gasteiger partial charge in [-0.15, -0.1) is 0 Å². The van der Waals surface area contributed by atoms with E-state index in [4.69, 9.17) is 10.5 Å². The maximum absolute atomic E-state index is 12.8. The molecule has 27 nitrogen and oxygen atoms in total. The number of nitrogens with two attached hydrogens (primary N) is 1. The number of fused-ring (bicyclic) bond motifs is 1. The van der Waals surface area contributed by atoms with E-state index < -0.39 is 95.6 Å². The lowest BCUT2D eigenvalue weighted by atomic mass is 9.81. The number of carbonyl (C=O) groups excluding carboxylic acids is 5. The molecule has 0 spiro atoms. The molecule has 2 aliphatic rings. The van der Waals surface area contributed by atoms with Crippen molar-refractivity contribution in [1.29, 1.82) is 0 Å². The van der Waals surface area contributed by atoms with Gasteiger partial charge in [0.1, 0.15) is 36.3 Å². The van der Waals surface area contributed by atoms with E-state index >= 15 is 0 Å². The Balaban J connectivity index is 1.22. The molecule has 1 saturated heterocycles. The summed E-state index contributed by atoms with van der Waals surface area (Å²) >= 11 is 0.767. The van der Waals surface area contributed by atoms with E-state index in [9.17, 15) is 72.6 Å². The van der Waals surface area contributed by atoms with Gasteiger partial charge in [-0.1, -0.05) is 38.1 Å². The van der Waals surface area contributed by atoms with E-state index in [2.05, 4.69) is 43.5 Å². The summed E-state index contributed by atoms with van der Waals surface area (Å²) in [7, 11) is -17.7. The van der Waals surface area contributed by atoms with E-state index in [1.54, 1.807) is 6.92 Å². The number of aromatic nitrogens is 4. The number of ketones is 1. The minimum Gasteiger partial charge on any atom is -0.790 e. The van der Waals surface area contributed by atoms with Gasteiger partial charge in [-0.05, 0) is 25.2 Å². The fraction of sp³-hybridized carbons (Fsp3) is 0.625. The number of aliphatic carboxylic acids is 1. The van der Waals surface area contributed by atoms with E-state index in [-0.39, 0.29) is 78.8 Å². The highest BCUT2D eigenvalue weighted by molar-refractivity contribution is 8.14. The zero-order valence-corrected chi connectivity index (χ0v) is 37.0. The fourth-order valence-corrected chi connectivity index (χ4v) is 9.76. The fourth-order valence-electron chi connectivity index (χ4n) is 6.25. The van der Waals surface area contributed by atoms with Crippen LogP contribution in [0.5, 0.6) is 0 Å². The second-order valence-corrected chi connectivity index (χ2v) is 19.9. The van der Waals surface area contributed by atoms with Crippen LogP contribution in [0.1, 0.15) is 59.1 Å². The number of rotatable bonds is 23. The van der Waals surface area contributed by atoms with Gasteiger partial charge >= 0.3 is 0 Å². The van der Waals surface area contributed by atoms with Crippen LogP contribution < -0.4 is 41.0 Å². The number of anilines is 1. The lowest BCUT2D eigenvalue weighted by Crippen LogP contribution is -2.46. The molecule has 0 saturated carbocycles. The number of ether oxygens (including phenoxy) is 1. The van der Waals surface area contributed by atoms with Crippen molar-refractivity contribution >= 4 is 80.9 Å². The standard InChI is InChI=1S/C32H48N7O20P3S/c1-16-4-6-18(40)22(17(16)5-7-21(42)43)31(47)63-11-10-34-20(41)8-9-35-29(46)26(45)32(2,3)13-56-62(53,54)59-61(51,52)55-12-19-25(58-60(48,49)50)24(44)30(57-19)39-15-38-23-27(33)36-14-37-28(23)39/h14-16,19,24-26,30,44-45H,4-13H2,1-3H3,(H,34,41)(H,35,46)(H,42,43)(H,51,52)(H,53,54)(H2,33,36,37)(H2,48,49,50)/p-5/t16-,19-,24-,25-,26+,30-/m1/s1. The van der Waals surface area contributed by atoms with Gasteiger partial charge in [-0.25, -0.2) is 19.3 Å². The maximum Gasteiger partial charge on any atom is 0.274 e. The molecule has 2 aromatic rings. The molecule has 1 aliphatic carbocycles. The van der Waals surface area contributed by atoms with Crippen LogP contribution in [0.2, 0.25) is 0 Å². The summed E-state index contributed by atoms with van der Waals surface area (Å²) in [5, 5.41) is 36.6. The number of Topliss-reactive ketones (excluding diaryl/α,β-unsaturated/α-hetero) is 1. The van der Waals surface area contributed by atoms with E-state index in [1.807, 2.05) is 0 Å². The molecule has 0 radical (unpaired) electrons. The van der Waals surface area contributed by atoms with Crippen LogP contribution >= 0.6 is 35.2 Å². The monoisotopic (exact) mass is 970 g/mol. The van der Waals surface area contributed by atoms with Gasteiger partial charge in [0.05, 0.1) is 32.9 Å². The van der Waals surface area contributed by atoms with Crippen LogP contribution in [0.4, 0.5) is 5.82 Å². The van der Waals surface area contributed by atoms with Crippen molar-refractivity contribution in [2.75, 3.05) is 37.8 Å². The molecular formula is C32H43N7O20P3S-5.